The second kappa shape index (κ2) is 6.64. The molecule has 5 heteroatoms. The summed E-state index contributed by atoms with van der Waals surface area (Å²) < 4.78 is 1.82. The first-order valence-electron chi connectivity index (χ1n) is 6.56. The molecule has 0 saturated heterocycles. The van der Waals surface area contributed by atoms with Crippen LogP contribution in [0.25, 0.3) is 0 Å². The number of nitrogens with zero attached hydrogens (tertiary/aromatic N) is 3. The van der Waals surface area contributed by atoms with Gasteiger partial charge in [-0.05, 0) is 6.92 Å². The topological polar surface area (TPSA) is 59.8 Å². The summed E-state index contributed by atoms with van der Waals surface area (Å²) in [5.41, 5.74) is 0.761. The van der Waals surface area contributed by atoms with E-state index in [1.54, 1.807) is 0 Å². The van der Waals surface area contributed by atoms with Gasteiger partial charge in [0.05, 0.1) is 5.69 Å². The van der Waals surface area contributed by atoms with Crippen molar-refractivity contribution in [3.05, 3.63) is 11.9 Å². The average molecular weight is 252 g/mol. The number of aryl methyl sites for hydroxylation is 1. The summed E-state index contributed by atoms with van der Waals surface area (Å²) in [5.74, 6) is 0.298. The maximum Gasteiger partial charge on any atom is 0.139 e. The lowest BCUT2D eigenvalue weighted by atomic mass is 9.89. The zero-order valence-electron chi connectivity index (χ0n) is 11.9. The normalized spacial score (nSPS) is 11.8. The second-order valence-corrected chi connectivity index (χ2v) is 5.49. The van der Waals surface area contributed by atoms with Crippen LogP contribution in [-0.2, 0) is 17.8 Å². The number of hydrogen-bond donors (Lipinski definition) is 1. The molecule has 0 aliphatic heterocycles. The van der Waals surface area contributed by atoms with Crippen LogP contribution >= 0.6 is 0 Å². The molecular formula is C13H24N4O. The Hall–Kier alpha value is -1.23. The Balaban J connectivity index is 2.14. The van der Waals surface area contributed by atoms with Gasteiger partial charge in [0.2, 0.25) is 0 Å². The maximum atomic E-state index is 11.7. The predicted octanol–water partition coefficient (Wildman–Crippen LogP) is 1.44. The van der Waals surface area contributed by atoms with E-state index in [4.69, 9.17) is 0 Å². The van der Waals surface area contributed by atoms with Crippen LogP contribution in [0, 0.1) is 5.41 Å². The fourth-order valence-corrected chi connectivity index (χ4v) is 1.53. The van der Waals surface area contributed by atoms with Crippen LogP contribution in [0.4, 0.5) is 0 Å². The average Bonchev–Trinajstić information content (AvgIpc) is 2.75. The van der Waals surface area contributed by atoms with Crippen LogP contribution < -0.4 is 5.32 Å². The van der Waals surface area contributed by atoms with E-state index in [1.807, 2.05) is 38.6 Å². The van der Waals surface area contributed by atoms with E-state index >= 15 is 0 Å². The second-order valence-electron chi connectivity index (χ2n) is 5.49. The molecule has 0 aliphatic carbocycles. The van der Waals surface area contributed by atoms with Crippen LogP contribution in [0.3, 0.4) is 0 Å². The molecule has 1 heterocycles. The van der Waals surface area contributed by atoms with Crippen LogP contribution in [0.1, 0.15) is 39.8 Å². The van der Waals surface area contributed by atoms with Crippen molar-refractivity contribution < 1.29 is 4.79 Å². The summed E-state index contributed by atoms with van der Waals surface area (Å²) in [5, 5.41) is 11.3. The molecule has 1 rings (SSSR count). The SMILES string of the molecule is CCn1cc(CCNCCC(=O)C(C)(C)C)nn1. The molecule has 102 valence electrons. The predicted molar refractivity (Wildman–Crippen MR) is 71.3 cm³/mol. The minimum Gasteiger partial charge on any atom is -0.316 e. The van der Waals surface area contributed by atoms with Gasteiger partial charge in [-0.25, -0.2) is 0 Å². The third-order valence-corrected chi connectivity index (χ3v) is 2.83. The quantitative estimate of drug-likeness (QED) is 0.746. The summed E-state index contributed by atoms with van der Waals surface area (Å²) in [4.78, 5) is 11.7. The first kappa shape index (κ1) is 14.8. The highest BCUT2D eigenvalue weighted by Crippen LogP contribution is 2.15. The van der Waals surface area contributed by atoms with E-state index in [0.717, 1.165) is 31.7 Å². The lowest BCUT2D eigenvalue weighted by Gasteiger charge is -2.16. The van der Waals surface area contributed by atoms with Crippen molar-refractivity contribution in [1.82, 2.24) is 20.3 Å². The molecule has 0 atom stereocenters. The van der Waals surface area contributed by atoms with E-state index < -0.39 is 0 Å². The van der Waals surface area contributed by atoms with Gasteiger partial charge >= 0.3 is 0 Å². The Bertz CT molecular complexity index is 379. The first-order valence-corrected chi connectivity index (χ1v) is 6.56. The molecule has 0 radical (unpaired) electrons. The molecule has 0 unspecified atom stereocenters. The zero-order chi connectivity index (χ0) is 13.6. The molecule has 1 aromatic heterocycles. The number of hydrogen-bond acceptors (Lipinski definition) is 4. The standard InChI is InChI=1S/C13H24N4O/c1-5-17-10-11(15-16-17)6-8-14-9-7-12(18)13(2,3)4/h10,14H,5-9H2,1-4H3. The number of rotatable bonds is 7. The molecule has 0 aliphatic rings. The highest BCUT2D eigenvalue weighted by Gasteiger charge is 2.19. The Morgan fingerprint density at radius 2 is 2.11 bits per heavy atom. The van der Waals surface area contributed by atoms with Crippen molar-refractivity contribution in [3.8, 4) is 0 Å². The molecule has 1 aromatic rings. The molecule has 1 N–H and O–H groups in total. The lowest BCUT2D eigenvalue weighted by Crippen LogP contribution is -2.26. The Kier molecular flexibility index (Phi) is 5.47. The summed E-state index contributed by atoms with van der Waals surface area (Å²) >= 11 is 0. The smallest absolute Gasteiger partial charge is 0.139 e. The summed E-state index contributed by atoms with van der Waals surface area (Å²) in [6.45, 7) is 10.3. The maximum absolute atomic E-state index is 11.7. The fraction of sp³-hybridized carbons (Fsp3) is 0.769. The lowest BCUT2D eigenvalue weighted by molar-refractivity contribution is -0.126. The van der Waals surface area contributed by atoms with Gasteiger partial charge in [0.25, 0.3) is 0 Å². The molecule has 0 amide bonds. The summed E-state index contributed by atoms with van der Waals surface area (Å²) in [6.07, 6.45) is 3.40. The Morgan fingerprint density at radius 3 is 2.67 bits per heavy atom. The minimum atomic E-state index is -0.231. The van der Waals surface area contributed by atoms with Gasteiger partial charge < -0.3 is 5.32 Å². The number of nitrogens with one attached hydrogen (secondary N) is 1. The third kappa shape index (κ3) is 4.96. The summed E-state index contributed by atoms with van der Waals surface area (Å²) in [6, 6.07) is 0. The van der Waals surface area contributed by atoms with Crippen molar-refractivity contribution in [2.24, 2.45) is 5.41 Å². The van der Waals surface area contributed by atoms with Crippen LogP contribution in [0.15, 0.2) is 6.20 Å². The number of carbonyl (C=O) groups excluding carboxylic acids is 1. The van der Waals surface area contributed by atoms with Crippen molar-refractivity contribution >= 4 is 5.78 Å². The molecular weight excluding hydrogens is 228 g/mol. The van der Waals surface area contributed by atoms with E-state index in [-0.39, 0.29) is 5.41 Å². The largest absolute Gasteiger partial charge is 0.316 e. The van der Waals surface area contributed by atoms with Gasteiger partial charge in [-0.3, -0.25) is 9.48 Å². The van der Waals surface area contributed by atoms with Gasteiger partial charge in [-0.1, -0.05) is 26.0 Å². The Morgan fingerprint density at radius 1 is 1.39 bits per heavy atom. The molecule has 0 aromatic carbocycles. The first-order chi connectivity index (χ1) is 8.43. The van der Waals surface area contributed by atoms with Crippen LogP contribution in [-0.4, -0.2) is 33.9 Å². The van der Waals surface area contributed by atoms with Crippen molar-refractivity contribution in [1.29, 1.82) is 0 Å². The minimum absolute atomic E-state index is 0.231. The highest BCUT2D eigenvalue weighted by molar-refractivity contribution is 5.83. The van der Waals surface area contributed by atoms with Crippen molar-refractivity contribution in [3.63, 3.8) is 0 Å². The number of Topliss-reactive ketones (excluding diaryl/α,β-unsaturated/α-hetero) is 1. The number of ketones is 1. The highest BCUT2D eigenvalue weighted by atomic mass is 16.1. The molecule has 0 spiro atoms. The van der Waals surface area contributed by atoms with Gasteiger partial charge in [-0.15, -0.1) is 5.10 Å². The number of carbonyl (C=O) groups is 1. The third-order valence-electron chi connectivity index (χ3n) is 2.83. The van der Waals surface area contributed by atoms with E-state index in [2.05, 4.69) is 15.6 Å². The molecule has 18 heavy (non-hydrogen) atoms. The molecule has 0 saturated carbocycles. The summed E-state index contributed by atoms with van der Waals surface area (Å²) in [7, 11) is 0. The molecule has 0 fully saturated rings. The van der Waals surface area contributed by atoms with E-state index in [9.17, 15) is 4.79 Å². The monoisotopic (exact) mass is 252 g/mol. The van der Waals surface area contributed by atoms with Gasteiger partial charge in [0.15, 0.2) is 0 Å². The fourth-order valence-electron chi connectivity index (χ4n) is 1.53. The van der Waals surface area contributed by atoms with Crippen molar-refractivity contribution in [2.45, 2.75) is 47.1 Å². The van der Waals surface area contributed by atoms with Gasteiger partial charge in [-0.2, -0.15) is 0 Å². The van der Waals surface area contributed by atoms with Gasteiger partial charge in [0.1, 0.15) is 5.78 Å². The number of aromatic nitrogens is 3. The molecule has 5 nitrogen and oxygen atoms in total. The van der Waals surface area contributed by atoms with Crippen LogP contribution in [0.2, 0.25) is 0 Å². The van der Waals surface area contributed by atoms with E-state index in [1.165, 1.54) is 0 Å². The van der Waals surface area contributed by atoms with Crippen LogP contribution in [0.5, 0.6) is 0 Å². The van der Waals surface area contributed by atoms with Gasteiger partial charge in [0, 0.05) is 44.1 Å². The Labute approximate surface area is 109 Å². The van der Waals surface area contributed by atoms with Crippen molar-refractivity contribution in [2.75, 3.05) is 13.1 Å². The molecule has 0 bridgehead atoms. The van der Waals surface area contributed by atoms with E-state index in [0.29, 0.717) is 12.2 Å². The zero-order valence-corrected chi connectivity index (χ0v) is 11.9.